The highest BCUT2D eigenvalue weighted by Gasteiger charge is 2.41. The predicted octanol–water partition coefficient (Wildman–Crippen LogP) is 3.81. The molecule has 2 N–H and O–H groups in total. The number of amides is 1. The van der Waals surface area contributed by atoms with Crippen molar-refractivity contribution in [2.45, 2.75) is 50.6 Å². The van der Waals surface area contributed by atoms with Gasteiger partial charge in [-0.2, -0.15) is 0 Å². The Morgan fingerprint density at radius 1 is 1.24 bits per heavy atom. The number of aromatic amines is 1. The van der Waals surface area contributed by atoms with Crippen molar-refractivity contribution < 1.29 is 13.6 Å². The zero-order valence-corrected chi connectivity index (χ0v) is 16.0. The van der Waals surface area contributed by atoms with Crippen LogP contribution in [-0.2, 0) is 24.4 Å². The van der Waals surface area contributed by atoms with Gasteiger partial charge in [-0.3, -0.25) is 9.59 Å². The lowest BCUT2D eigenvalue weighted by Crippen LogP contribution is -2.31. The van der Waals surface area contributed by atoms with Gasteiger partial charge in [-0.1, -0.05) is 18.2 Å². The largest absolute Gasteiger partial charge is 0.360 e. The maximum atomic E-state index is 14.0. The van der Waals surface area contributed by atoms with Crippen LogP contribution in [0.25, 0.3) is 10.9 Å². The molecule has 2 aliphatic carbocycles. The molecule has 0 spiro atoms. The maximum Gasteiger partial charge on any atom is 0.273 e. The van der Waals surface area contributed by atoms with E-state index in [0.29, 0.717) is 34.0 Å². The average molecular weight is 397 g/mol. The molecule has 2 aliphatic rings. The molecular weight excluding hydrogens is 376 g/mol. The number of rotatable bonds is 4. The summed E-state index contributed by atoms with van der Waals surface area (Å²) in [6, 6.07) is 6.53. The Kier molecular flexibility index (Phi) is 3.75. The van der Waals surface area contributed by atoms with Crippen LogP contribution in [0.2, 0.25) is 0 Å². The quantitative estimate of drug-likeness (QED) is 0.703. The van der Waals surface area contributed by atoms with Gasteiger partial charge >= 0.3 is 0 Å². The van der Waals surface area contributed by atoms with Crippen LogP contribution in [0.3, 0.4) is 0 Å². The minimum atomic E-state index is -2.80. The number of alkyl halides is 2. The third kappa shape index (κ3) is 2.79. The van der Waals surface area contributed by atoms with Crippen molar-refractivity contribution >= 4 is 16.8 Å². The molecule has 0 radical (unpaired) electrons. The molecular formula is C22H21F2N3O2. The van der Waals surface area contributed by atoms with Crippen molar-refractivity contribution in [2.24, 2.45) is 0 Å². The van der Waals surface area contributed by atoms with E-state index >= 15 is 0 Å². The molecule has 0 bridgehead atoms. The first-order chi connectivity index (χ1) is 13.8. The molecule has 1 fully saturated rings. The first kappa shape index (κ1) is 18.1. The number of hydrogen-bond acceptors (Lipinski definition) is 2. The Bertz CT molecular complexity index is 1200. The molecule has 5 rings (SSSR count). The van der Waals surface area contributed by atoms with Crippen LogP contribution in [0, 0.1) is 0 Å². The Morgan fingerprint density at radius 2 is 2.03 bits per heavy atom. The number of halogens is 2. The van der Waals surface area contributed by atoms with Gasteiger partial charge in [0.25, 0.3) is 17.4 Å². The molecule has 2 aromatic heterocycles. The van der Waals surface area contributed by atoms with Crippen LogP contribution in [0.15, 0.2) is 41.5 Å². The molecule has 29 heavy (non-hydrogen) atoms. The third-order valence-corrected chi connectivity index (χ3v) is 6.32. The monoisotopic (exact) mass is 397 g/mol. The van der Waals surface area contributed by atoms with Crippen LogP contribution in [0.5, 0.6) is 0 Å². The SMILES string of the molecule is CC1(n2cc(C(=O)NCc3cccc4c3CCC4(F)F)c3[nH]ccc3c2=O)CC1. The minimum absolute atomic E-state index is 0.0613. The lowest BCUT2D eigenvalue weighted by molar-refractivity contribution is -0.00184. The van der Waals surface area contributed by atoms with E-state index in [9.17, 15) is 18.4 Å². The second kappa shape index (κ2) is 6.02. The smallest absolute Gasteiger partial charge is 0.273 e. The highest BCUT2D eigenvalue weighted by Crippen LogP contribution is 2.43. The number of nitrogens with one attached hydrogen (secondary N) is 2. The predicted molar refractivity (Wildman–Crippen MR) is 105 cm³/mol. The standard InChI is InChI=1S/C22H21F2N3O2/c1-21(8-9-21)27-12-16(18-15(20(27)29)6-10-25-18)19(28)26-11-13-3-2-4-17-14(13)5-7-22(17,23)24/h2-4,6,10,12,25H,5,7-9,11H2,1H3,(H,26,28). The number of H-pyrrole nitrogens is 1. The summed E-state index contributed by atoms with van der Waals surface area (Å²) in [6.45, 7) is 2.17. The molecule has 1 aromatic carbocycles. The highest BCUT2D eigenvalue weighted by atomic mass is 19.3. The molecule has 0 atom stereocenters. The van der Waals surface area contributed by atoms with E-state index in [1.165, 1.54) is 6.07 Å². The van der Waals surface area contributed by atoms with E-state index in [2.05, 4.69) is 10.3 Å². The van der Waals surface area contributed by atoms with Crippen molar-refractivity contribution in [2.75, 3.05) is 0 Å². The second-order valence-electron chi connectivity index (χ2n) is 8.31. The molecule has 0 saturated heterocycles. The summed E-state index contributed by atoms with van der Waals surface area (Å²) in [6.07, 6.45) is 5.17. The van der Waals surface area contributed by atoms with Gasteiger partial charge in [0.2, 0.25) is 0 Å². The number of hydrogen-bond donors (Lipinski definition) is 2. The number of aromatic nitrogens is 2. The maximum absolute atomic E-state index is 14.0. The van der Waals surface area contributed by atoms with Crippen molar-refractivity contribution in [1.82, 2.24) is 14.9 Å². The van der Waals surface area contributed by atoms with Gasteiger partial charge in [-0.05, 0) is 43.4 Å². The number of pyridine rings is 1. The fourth-order valence-corrected chi connectivity index (χ4v) is 4.27. The Morgan fingerprint density at radius 3 is 2.79 bits per heavy atom. The number of carbonyl (C=O) groups excluding carboxylic acids is 1. The van der Waals surface area contributed by atoms with Gasteiger partial charge in [-0.25, -0.2) is 8.78 Å². The lowest BCUT2D eigenvalue weighted by Gasteiger charge is -2.16. The lowest BCUT2D eigenvalue weighted by atomic mass is 10.0. The van der Waals surface area contributed by atoms with Crippen LogP contribution < -0.4 is 10.9 Å². The van der Waals surface area contributed by atoms with Gasteiger partial charge < -0.3 is 14.9 Å². The number of nitrogens with zero attached hydrogens (tertiary/aromatic N) is 1. The van der Waals surface area contributed by atoms with Crippen molar-refractivity contribution in [3.8, 4) is 0 Å². The molecule has 150 valence electrons. The first-order valence-corrected chi connectivity index (χ1v) is 9.81. The summed E-state index contributed by atoms with van der Waals surface area (Å²) in [7, 11) is 0. The number of benzene rings is 1. The van der Waals surface area contributed by atoms with E-state index in [4.69, 9.17) is 0 Å². The highest BCUT2D eigenvalue weighted by molar-refractivity contribution is 6.05. The summed E-state index contributed by atoms with van der Waals surface area (Å²) in [5.74, 6) is -3.14. The van der Waals surface area contributed by atoms with Crippen molar-refractivity contribution in [3.63, 3.8) is 0 Å². The zero-order valence-electron chi connectivity index (χ0n) is 16.0. The normalized spacial score (nSPS) is 18.6. The average Bonchev–Trinajstić information content (AvgIpc) is 3.12. The van der Waals surface area contributed by atoms with E-state index in [0.717, 1.165) is 12.8 Å². The molecule has 5 nitrogen and oxygen atoms in total. The molecule has 7 heteroatoms. The Balaban J connectivity index is 1.47. The molecule has 0 aliphatic heterocycles. The summed E-state index contributed by atoms with van der Waals surface area (Å²) < 4.78 is 29.6. The van der Waals surface area contributed by atoms with E-state index < -0.39 is 5.92 Å². The van der Waals surface area contributed by atoms with Crippen molar-refractivity contribution in [3.05, 3.63) is 69.3 Å². The van der Waals surface area contributed by atoms with Gasteiger partial charge in [0.15, 0.2) is 0 Å². The Labute approximate surface area is 165 Å². The van der Waals surface area contributed by atoms with Crippen LogP contribution >= 0.6 is 0 Å². The minimum Gasteiger partial charge on any atom is -0.360 e. The van der Waals surface area contributed by atoms with E-state index in [1.54, 1.807) is 35.2 Å². The number of carbonyl (C=O) groups is 1. The second-order valence-corrected chi connectivity index (χ2v) is 8.31. The van der Waals surface area contributed by atoms with E-state index in [-0.39, 0.29) is 35.5 Å². The molecule has 3 aromatic rings. The molecule has 0 unspecified atom stereocenters. The van der Waals surface area contributed by atoms with Gasteiger partial charge in [-0.15, -0.1) is 0 Å². The summed E-state index contributed by atoms with van der Waals surface area (Å²) in [5.41, 5.74) is 1.92. The Hall–Kier alpha value is -2.96. The fraction of sp³-hybridized carbons (Fsp3) is 0.364. The summed E-state index contributed by atoms with van der Waals surface area (Å²) in [5, 5.41) is 3.33. The van der Waals surface area contributed by atoms with Gasteiger partial charge in [0.05, 0.1) is 16.5 Å². The summed E-state index contributed by atoms with van der Waals surface area (Å²) in [4.78, 5) is 28.7. The van der Waals surface area contributed by atoms with Gasteiger partial charge in [0, 0.05) is 36.5 Å². The zero-order chi connectivity index (χ0) is 20.4. The van der Waals surface area contributed by atoms with Crippen LogP contribution in [-0.4, -0.2) is 15.5 Å². The first-order valence-electron chi connectivity index (χ1n) is 9.81. The van der Waals surface area contributed by atoms with Gasteiger partial charge in [0.1, 0.15) is 0 Å². The van der Waals surface area contributed by atoms with Crippen LogP contribution in [0.1, 0.15) is 53.2 Å². The van der Waals surface area contributed by atoms with E-state index in [1.807, 2.05) is 6.92 Å². The number of fused-ring (bicyclic) bond motifs is 2. The molecule has 2 heterocycles. The molecule has 1 saturated carbocycles. The van der Waals surface area contributed by atoms with Crippen LogP contribution in [0.4, 0.5) is 8.78 Å². The third-order valence-electron chi connectivity index (χ3n) is 6.32. The molecule has 1 amide bonds. The summed E-state index contributed by atoms with van der Waals surface area (Å²) >= 11 is 0. The fourth-order valence-electron chi connectivity index (χ4n) is 4.27. The van der Waals surface area contributed by atoms with Crippen molar-refractivity contribution in [1.29, 1.82) is 0 Å². The topological polar surface area (TPSA) is 66.9 Å².